The van der Waals surface area contributed by atoms with Crippen molar-refractivity contribution in [2.24, 2.45) is 5.92 Å². The molecule has 62 valence electrons. The minimum atomic E-state index is -4.64. The molecule has 0 atom stereocenters. The van der Waals surface area contributed by atoms with Crippen LogP contribution in [0.2, 0.25) is 0 Å². The van der Waals surface area contributed by atoms with E-state index < -0.39 is 13.4 Å². The SMILES string of the molecule is CC(C)CNC[B-](F)(F)F.[K+]. The van der Waals surface area contributed by atoms with Crippen molar-refractivity contribution < 1.29 is 64.3 Å². The van der Waals surface area contributed by atoms with Crippen molar-refractivity contribution in [2.75, 3.05) is 13.0 Å². The van der Waals surface area contributed by atoms with E-state index in [1.165, 1.54) is 0 Å². The molecule has 0 radical (unpaired) electrons. The molecule has 0 aromatic carbocycles. The molecule has 0 aromatic heterocycles. The van der Waals surface area contributed by atoms with E-state index in [0.717, 1.165) is 0 Å². The van der Waals surface area contributed by atoms with Crippen LogP contribution in [0.1, 0.15) is 13.8 Å². The molecule has 1 N–H and O–H groups in total. The van der Waals surface area contributed by atoms with Crippen molar-refractivity contribution in [1.82, 2.24) is 5.32 Å². The summed E-state index contributed by atoms with van der Waals surface area (Å²) in [6.45, 7) is -0.467. The van der Waals surface area contributed by atoms with Gasteiger partial charge in [0.15, 0.2) is 0 Å². The molecule has 0 heterocycles. The first-order chi connectivity index (χ1) is 4.42. The molecule has 6 heteroatoms. The fourth-order valence-electron chi connectivity index (χ4n) is 0.536. The van der Waals surface area contributed by atoms with E-state index in [9.17, 15) is 12.9 Å². The van der Waals surface area contributed by atoms with Gasteiger partial charge in [-0.25, -0.2) is 0 Å². The Labute approximate surface area is 108 Å². The maximum atomic E-state index is 11.5. The molecule has 1 nitrogen and oxygen atoms in total. The fourth-order valence-corrected chi connectivity index (χ4v) is 0.536. The summed E-state index contributed by atoms with van der Waals surface area (Å²) < 4.78 is 34.5. The molecule has 0 aliphatic heterocycles. The van der Waals surface area contributed by atoms with Crippen LogP contribution >= 0.6 is 0 Å². The van der Waals surface area contributed by atoms with Crippen molar-refractivity contribution in [3.05, 3.63) is 0 Å². The number of nitrogens with one attached hydrogen (secondary N) is 1. The van der Waals surface area contributed by atoms with Crippen molar-refractivity contribution in [1.29, 1.82) is 0 Å². The third kappa shape index (κ3) is 14.3. The van der Waals surface area contributed by atoms with Crippen LogP contribution in [0.25, 0.3) is 0 Å². The summed E-state index contributed by atoms with van der Waals surface area (Å²) in [4.78, 5) is 0. The maximum absolute atomic E-state index is 11.5. The summed E-state index contributed by atoms with van der Waals surface area (Å²) in [5.41, 5.74) is 0. The topological polar surface area (TPSA) is 12.0 Å². The second-order valence-corrected chi connectivity index (χ2v) is 2.76. The Morgan fingerprint density at radius 2 is 1.73 bits per heavy atom. The van der Waals surface area contributed by atoms with Gasteiger partial charge in [-0.15, -0.1) is 0 Å². The van der Waals surface area contributed by atoms with Gasteiger partial charge in [0.25, 0.3) is 0 Å². The van der Waals surface area contributed by atoms with Gasteiger partial charge < -0.3 is 18.3 Å². The van der Waals surface area contributed by atoms with Crippen LogP contribution in [0.15, 0.2) is 0 Å². The van der Waals surface area contributed by atoms with Gasteiger partial charge in [0, 0.05) is 0 Å². The number of rotatable bonds is 4. The average molecular weight is 193 g/mol. The molecule has 0 unspecified atom stereocenters. The first kappa shape index (κ1) is 14.9. The van der Waals surface area contributed by atoms with Gasteiger partial charge in [-0.2, -0.15) is 0 Å². The summed E-state index contributed by atoms with van der Waals surface area (Å²) >= 11 is 0. The Bertz CT molecular complexity index is 96.2. The summed E-state index contributed by atoms with van der Waals surface area (Å²) in [6.07, 6.45) is -0.821. The minimum absolute atomic E-state index is 0. The molecule has 0 saturated heterocycles. The van der Waals surface area contributed by atoms with Gasteiger partial charge in [-0.3, -0.25) is 0 Å². The van der Waals surface area contributed by atoms with Crippen LogP contribution in [-0.2, 0) is 0 Å². The van der Waals surface area contributed by atoms with Crippen LogP contribution in [0.3, 0.4) is 0 Å². The molecule has 0 aliphatic carbocycles. The summed E-state index contributed by atoms with van der Waals surface area (Å²) in [6, 6.07) is 0. The van der Waals surface area contributed by atoms with E-state index in [4.69, 9.17) is 0 Å². The van der Waals surface area contributed by atoms with Gasteiger partial charge in [-0.05, 0) is 18.9 Å². The second-order valence-electron chi connectivity index (χ2n) is 2.76. The molecular weight excluding hydrogens is 181 g/mol. The molecule has 0 aromatic rings. The Balaban J connectivity index is 0. The molecular formula is C5H12BF3KN. The zero-order valence-corrected chi connectivity index (χ0v) is 10.3. The van der Waals surface area contributed by atoms with Crippen molar-refractivity contribution in [3.63, 3.8) is 0 Å². The molecule has 0 aliphatic rings. The van der Waals surface area contributed by atoms with E-state index in [1.54, 1.807) is 0 Å². The zero-order valence-electron chi connectivity index (χ0n) is 7.20. The van der Waals surface area contributed by atoms with E-state index in [1.807, 2.05) is 13.8 Å². The van der Waals surface area contributed by atoms with Gasteiger partial charge in [0.1, 0.15) is 0 Å². The minimum Gasteiger partial charge on any atom is -0.448 e. The normalized spacial score (nSPS) is 11.5. The van der Waals surface area contributed by atoms with E-state index in [0.29, 0.717) is 6.54 Å². The fraction of sp³-hybridized carbons (Fsp3) is 1.00. The van der Waals surface area contributed by atoms with Crippen LogP contribution in [0.5, 0.6) is 0 Å². The van der Waals surface area contributed by atoms with E-state index in [-0.39, 0.29) is 57.3 Å². The Morgan fingerprint density at radius 1 is 1.27 bits per heavy atom. The number of hydrogen-bond donors (Lipinski definition) is 1. The zero-order chi connectivity index (χ0) is 8.20. The standard InChI is InChI=1S/C5H12BF3N.K/c1-5(2)3-10-4-6(7,8)9;/h5,10H,3-4H2,1-2H3;/q-1;+1. The maximum Gasteiger partial charge on any atom is 1.00 e. The number of halogens is 3. The van der Waals surface area contributed by atoms with Crippen molar-refractivity contribution >= 4 is 6.98 Å². The monoisotopic (exact) mass is 193 g/mol. The third-order valence-electron chi connectivity index (χ3n) is 0.928. The van der Waals surface area contributed by atoms with Crippen molar-refractivity contribution in [3.8, 4) is 0 Å². The van der Waals surface area contributed by atoms with Crippen LogP contribution in [-0.4, -0.2) is 20.0 Å². The van der Waals surface area contributed by atoms with Crippen molar-refractivity contribution in [2.45, 2.75) is 13.8 Å². The third-order valence-corrected chi connectivity index (χ3v) is 0.928. The summed E-state index contributed by atoms with van der Waals surface area (Å²) in [7, 11) is 0. The summed E-state index contributed by atoms with van der Waals surface area (Å²) in [5.74, 6) is 0.276. The predicted octanol–water partition coefficient (Wildman–Crippen LogP) is -1.38. The molecule has 11 heavy (non-hydrogen) atoms. The smallest absolute Gasteiger partial charge is 0.448 e. The predicted molar refractivity (Wildman–Crippen MR) is 36.8 cm³/mol. The van der Waals surface area contributed by atoms with Gasteiger partial charge in [0.05, 0.1) is 0 Å². The van der Waals surface area contributed by atoms with E-state index >= 15 is 0 Å². The molecule has 0 amide bonds. The Morgan fingerprint density at radius 3 is 2.00 bits per heavy atom. The molecule has 0 rings (SSSR count). The van der Waals surface area contributed by atoms with Crippen LogP contribution in [0.4, 0.5) is 12.9 Å². The molecule has 0 spiro atoms. The molecule has 0 fully saturated rings. The van der Waals surface area contributed by atoms with Crippen LogP contribution in [0, 0.1) is 5.92 Å². The number of hydrogen-bond acceptors (Lipinski definition) is 1. The van der Waals surface area contributed by atoms with Gasteiger partial charge in [-0.1, -0.05) is 13.8 Å². The largest absolute Gasteiger partial charge is 1.00 e. The van der Waals surface area contributed by atoms with Gasteiger partial charge >= 0.3 is 58.4 Å². The molecule has 0 saturated carbocycles. The average Bonchev–Trinajstić information content (AvgIpc) is 1.59. The first-order valence-corrected chi connectivity index (χ1v) is 3.33. The summed E-state index contributed by atoms with van der Waals surface area (Å²) in [5, 5.41) is 2.33. The van der Waals surface area contributed by atoms with Crippen LogP contribution < -0.4 is 56.7 Å². The van der Waals surface area contributed by atoms with Gasteiger partial charge in [0.2, 0.25) is 0 Å². The quantitative estimate of drug-likeness (QED) is 0.543. The Kier molecular flexibility index (Phi) is 9.39. The van der Waals surface area contributed by atoms with E-state index in [2.05, 4.69) is 5.32 Å². The molecule has 0 bridgehead atoms. The second kappa shape index (κ2) is 6.91. The Hall–Kier alpha value is 1.45. The first-order valence-electron chi connectivity index (χ1n) is 3.33.